The van der Waals surface area contributed by atoms with Gasteiger partial charge in [-0.05, 0) is 37.9 Å². The van der Waals surface area contributed by atoms with Crippen LogP contribution in [0, 0.1) is 0 Å². The standard InChI is InChI=1S/C10H10Br2ClNO2S/c11-7-3-8(17-9(7)12)10(15)14-1-2-16-5-6(14)4-13/h3,6H,1-2,4-5H2. The van der Waals surface area contributed by atoms with Crippen molar-refractivity contribution in [2.75, 3.05) is 25.6 Å². The van der Waals surface area contributed by atoms with E-state index in [1.807, 2.05) is 6.07 Å². The van der Waals surface area contributed by atoms with Crippen molar-refractivity contribution in [2.24, 2.45) is 0 Å². The van der Waals surface area contributed by atoms with E-state index in [-0.39, 0.29) is 11.9 Å². The molecular formula is C10H10Br2ClNO2S. The van der Waals surface area contributed by atoms with Crippen LogP contribution in [0.3, 0.4) is 0 Å². The number of halogens is 3. The number of morpholine rings is 1. The third-order valence-corrected chi connectivity index (χ3v) is 6.12. The summed E-state index contributed by atoms with van der Waals surface area (Å²) in [7, 11) is 0. The zero-order chi connectivity index (χ0) is 12.4. The van der Waals surface area contributed by atoms with Gasteiger partial charge in [-0.1, -0.05) is 0 Å². The van der Waals surface area contributed by atoms with Crippen molar-refractivity contribution >= 4 is 60.7 Å². The Balaban J connectivity index is 2.18. The number of hydrogen-bond acceptors (Lipinski definition) is 3. The summed E-state index contributed by atoms with van der Waals surface area (Å²) in [6.07, 6.45) is 0. The van der Waals surface area contributed by atoms with Gasteiger partial charge in [0.25, 0.3) is 5.91 Å². The fraction of sp³-hybridized carbons (Fsp3) is 0.500. The van der Waals surface area contributed by atoms with Crippen molar-refractivity contribution < 1.29 is 9.53 Å². The Bertz CT molecular complexity index is 407. The molecule has 2 heterocycles. The Kier molecular flexibility index (Phi) is 4.88. The number of alkyl halides is 1. The Hall–Kier alpha value is 0.380. The van der Waals surface area contributed by atoms with E-state index in [0.29, 0.717) is 30.5 Å². The predicted octanol–water partition coefficient (Wildman–Crippen LogP) is 3.35. The molecule has 1 aliphatic rings. The average Bonchev–Trinajstić information content (AvgIpc) is 2.68. The van der Waals surface area contributed by atoms with Crippen LogP contribution in [0.1, 0.15) is 9.67 Å². The summed E-state index contributed by atoms with van der Waals surface area (Å²) >= 11 is 14.1. The molecule has 17 heavy (non-hydrogen) atoms. The van der Waals surface area contributed by atoms with E-state index in [9.17, 15) is 4.79 Å². The Morgan fingerprint density at radius 3 is 3.00 bits per heavy atom. The van der Waals surface area contributed by atoms with Crippen LogP contribution in [-0.2, 0) is 4.74 Å². The molecule has 1 saturated heterocycles. The highest BCUT2D eigenvalue weighted by Crippen LogP contribution is 2.33. The SMILES string of the molecule is O=C(c1cc(Br)c(Br)s1)N1CCOCC1CCl. The number of rotatable bonds is 2. The van der Waals surface area contributed by atoms with Crippen LogP contribution in [0.5, 0.6) is 0 Å². The van der Waals surface area contributed by atoms with Crippen molar-refractivity contribution in [3.8, 4) is 0 Å². The summed E-state index contributed by atoms with van der Waals surface area (Å²) in [5.41, 5.74) is 0. The summed E-state index contributed by atoms with van der Waals surface area (Å²) < 4.78 is 7.16. The topological polar surface area (TPSA) is 29.5 Å². The van der Waals surface area contributed by atoms with Crippen LogP contribution in [0.2, 0.25) is 0 Å². The maximum Gasteiger partial charge on any atom is 0.264 e. The second kappa shape index (κ2) is 6.02. The number of nitrogens with zero attached hydrogens (tertiary/aromatic N) is 1. The third-order valence-electron chi connectivity index (χ3n) is 2.52. The summed E-state index contributed by atoms with van der Waals surface area (Å²) in [5.74, 6) is 0.426. The molecule has 3 nitrogen and oxygen atoms in total. The van der Waals surface area contributed by atoms with Crippen LogP contribution in [0.25, 0.3) is 0 Å². The second-order valence-corrected chi connectivity index (χ2v) is 7.15. The van der Waals surface area contributed by atoms with Gasteiger partial charge in [0.05, 0.1) is 27.9 Å². The van der Waals surface area contributed by atoms with Gasteiger partial charge in [0.1, 0.15) is 0 Å². The highest BCUT2D eigenvalue weighted by atomic mass is 79.9. The molecule has 0 radical (unpaired) electrons. The quantitative estimate of drug-likeness (QED) is 0.709. The fourth-order valence-corrected chi connectivity index (χ4v) is 3.89. The summed E-state index contributed by atoms with van der Waals surface area (Å²) in [5, 5.41) is 0. The van der Waals surface area contributed by atoms with Crippen LogP contribution in [0.4, 0.5) is 0 Å². The molecule has 1 aromatic rings. The van der Waals surface area contributed by atoms with Gasteiger partial charge in [0, 0.05) is 16.9 Å². The summed E-state index contributed by atoms with van der Waals surface area (Å²) in [4.78, 5) is 14.8. The van der Waals surface area contributed by atoms with Crippen LogP contribution < -0.4 is 0 Å². The maximum atomic E-state index is 12.3. The Morgan fingerprint density at radius 1 is 1.65 bits per heavy atom. The van der Waals surface area contributed by atoms with E-state index in [1.165, 1.54) is 11.3 Å². The lowest BCUT2D eigenvalue weighted by Crippen LogP contribution is -2.49. The number of amides is 1. The van der Waals surface area contributed by atoms with E-state index in [1.54, 1.807) is 4.90 Å². The first kappa shape index (κ1) is 13.8. The number of thiophene rings is 1. The van der Waals surface area contributed by atoms with E-state index >= 15 is 0 Å². The molecule has 1 atom stereocenters. The number of hydrogen-bond donors (Lipinski definition) is 0. The van der Waals surface area contributed by atoms with Crippen molar-refractivity contribution in [1.82, 2.24) is 4.90 Å². The van der Waals surface area contributed by atoms with Gasteiger partial charge in [-0.3, -0.25) is 4.79 Å². The number of carbonyl (C=O) groups is 1. The van der Waals surface area contributed by atoms with Gasteiger partial charge < -0.3 is 9.64 Å². The molecule has 1 fully saturated rings. The highest BCUT2D eigenvalue weighted by Gasteiger charge is 2.28. The molecule has 0 aliphatic carbocycles. The van der Waals surface area contributed by atoms with Gasteiger partial charge >= 0.3 is 0 Å². The molecule has 0 N–H and O–H groups in total. The van der Waals surface area contributed by atoms with Gasteiger partial charge in [-0.2, -0.15) is 0 Å². The van der Waals surface area contributed by atoms with Crippen molar-refractivity contribution in [2.45, 2.75) is 6.04 Å². The Morgan fingerprint density at radius 2 is 2.41 bits per heavy atom. The van der Waals surface area contributed by atoms with E-state index in [0.717, 1.165) is 8.26 Å². The van der Waals surface area contributed by atoms with E-state index in [2.05, 4.69) is 31.9 Å². The fourth-order valence-electron chi connectivity index (χ4n) is 1.64. The Labute approximate surface area is 125 Å². The molecule has 0 aromatic carbocycles. The minimum absolute atomic E-state index is 0.0235. The molecule has 0 saturated carbocycles. The maximum absolute atomic E-state index is 12.3. The number of carbonyl (C=O) groups excluding carboxylic acids is 1. The van der Waals surface area contributed by atoms with E-state index < -0.39 is 0 Å². The molecule has 0 bridgehead atoms. The highest BCUT2D eigenvalue weighted by molar-refractivity contribution is 9.13. The van der Waals surface area contributed by atoms with Gasteiger partial charge in [-0.25, -0.2) is 0 Å². The lowest BCUT2D eigenvalue weighted by molar-refractivity contribution is 0.00483. The molecule has 2 rings (SSSR count). The zero-order valence-electron chi connectivity index (χ0n) is 8.79. The van der Waals surface area contributed by atoms with Crippen molar-refractivity contribution in [3.63, 3.8) is 0 Å². The molecule has 1 aromatic heterocycles. The minimum atomic E-state index is -0.0300. The molecular weight excluding hydrogens is 393 g/mol. The van der Waals surface area contributed by atoms with Crippen molar-refractivity contribution in [3.05, 3.63) is 19.2 Å². The van der Waals surface area contributed by atoms with Gasteiger partial charge in [-0.15, -0.1) is 22.9 Å². The van der Waals surface area contributed by atoms with Crippen LogP contribution >= 0.6 is 54.8 Å². The van der Waals surface area contributed by atoms with Crippen LogP contribution in [0.15, 0.2) is 14.3 Å². The lowest BCUT2D eigenvalue weighted by Gasteiger charge is -2.34. The number of ether oxygens (including phenoxy) is 1. The van der Waals surface area contributed by atoms with Gasteiger partial charge in [0.2, 0.25) is 0 Å². The molecule has 94 valence electrons. The first-order chi connectivity index (χ1) is 8.13. The molecule has 1 unspecified atom stereocenters. The predicted molar refractivity (Wildman–Crippen MR) is 76.1 cm³/mol. The smallest absolute Gasteiger partial charge is 0.264 e. The molecule has 7 heteroatoms. The third kappa shape index (κ3) is 3.04. The minimum Gasteiger partial charge on any atom is -0.377 e. The first-order valence-corrected chi connectivity index (χ1v) is 7.96. The molecule has 1 aliphatic heterocycles. The van der Waals surface area contributed by atoms with E-state index in [4.69, 9.17) is 16.3 Å². The first-order valence-electron chi connectivity index (χ1n) is 5.03. The van der Waals surface area contributed by atoms with Crippen LogP contribution in [-0.4, -0.2) is 42.5 Å². The van der Waals surface area contributed by atoms with Gasteiger partial charge in [0.15, 0.2) is 0 Å². The monoisotopic (exact) mass is 401 g/mol. The molecule has 0 spiro atoms. The second-order valence-electron chi connectivity index (χ2n) is 3.61. The average molecular weight is 404 g/mol. The summed E-state index contributed by atoms with van der Waals surface area (Å²) in [6.45, 7) is 1.69. The normalized spacial score (nSPS) is 20.6. The summed E-state index contributed by atoms with van der Waals surface area (Å²) in [6, 6.07) is 1.80. The zero-order valence-corrected chi connectivity index (χ0v) is 13.5. The van der Waals surface area contributed by atoms with Crippen molar-refractivity contribution in [1.29, 1.82) is 0 Å². The molecule has 1 amide bonds. The lowest BCUT2D eigenvalue weighted by atomic mass is 10.2. The largest absolute Gasteiger partial charge is 0.377 e.